The molecule has 0 heterocycles. The van der Waals surface area contributed by atoms with Gasteiger partial charge in [0.05, 0.1) is 6.04 Å². The van der Waals surface area contributed by atoms with Crippen molar-refractivity contribution < 1.29 is 0 Å². The third-order valence-electron chi connectivity index (χ3n) is 3.71. The fraction of sp³-hybridized carbons (Fsp3) is 0.222. The van der Waals surface area contributed by atoms with Gasteiger partial charge in [-0.05, 0) is 29.2 Å². The number of nitrogens with one attached hydrogen (secondary N) is 1. The normalized spacial score (nSPS) is 14.5. The van der Waals surface area contributed by atoms with Gasteiger partial charge < -0.3 is 5.32 Å². The summed E-state index contributed by atoms with van der Waals surface area (Å²) in [5.41, 5.74) is 5.38. The van der Waals surface area contributed by atoms with Crippen LogP contribution in [0.1, 0.15) is 30.5 Å². The minimum atomic E-state index is 0.260. The van der Waals surface area contributed by atoms with Crippen molar-refractivity contribution in [3.8, 4) is 23.5 Å². The summed E-state index contributed by atoms with van der Waals surface area (Å²) in [5, 5.41) is 3.65. The lowest BCUT2D eigenvalue weighted by molar-refractivity contribution is 0.512. The third-order valence-corrected chi connectivity index (χ3v) is 3.71. The molecular weight excluding hydrogens is 230 g/mol. The van der Waals surface area contributed by atoms with E-state index in [0.29, 0.717) is 6.04 Å². The molecule has 19 heavy (non-hydrogen) atoms. The van der Waals surface area contributed by atoms with E-state index in [1.807, 2.05) is 0 Å². The molecule has 1 atom stereocenters. The molecular formula is C18H17N. The number of benzene rings is 2. The zero-order valence-corrected chi connectivity index (χ0v) is 11.1. The highest BCUT2D eigenvalue weighted by Crippen LogP contribution is 2.43. The van der Waals surface area contributed by atoms with Crippen LogP contribution in [0.5, 0.6) is 0 Å². The average molecular weight is 247 g/mol. The Hall–Kier alpha value is -2.04. The van der Waals surface area contributed by atoms with Gasteiger partial charge in [-0.3, -0.25) is 0 Å². The molecule has 0 amide bonds. The smallest absolute Gasteiger partial charge is 0.0591 e. The molecule has 1 heteroatoms. The molecule has 0 bridgehead atoms. The summed E-state index contributed by atoms with van der Waals surface area (Å²) in [4.78, 5) is 0. The van der Waals surface area contributed by atoms with Gasteiger partial charge in [-0.25, -0.2) is 0 Å². The van der Waals surface area contributed by atoms with Crippen molar-refractivity contribution >= 4 is 0 Å². The van der Waals surface area contributed by atoms with Gasteiger partial charge >= 0.3 is 0 Å². The Kier molecular flexibility index (Phi) is 3.11. The lowest BCUT2D eigenvalue weighted by Gasteiger charge is -2.20. The predicted molar refractivity (Wildman–Crippen MR) is 79.8 cm³/mol. The fourth-order valence-corrected chi connectivity index (χ4v) is 2.86. The van der Waals surface area contributed by atoms with Crippen LogP contribution in [0.2, 0.25) is 0 Å². The van der Waals surface area contributed by atoms with Crippen LogP contribution in [0, 0.1) is 12.3 Å². The second kappa shape index (κ2) is 4.91. The van der Waals surface area contributed by atoms with Crippen molar-refractivity contribution in [2.24, 2.45) is 0 Å². The van der Waals surface area contributed by atoms with Crippen LogP contribution < -0.4 is 5.32 Å². The molecule has 0 fully saturated rings. The second-order valence-electron chi connectivity index (χ2n) is 5.08. The number of terminal acetylenes is 1. The maximum atomic E-state index is 5.40. The monoisotopic (exact) mass is 247 g/mol. The van der Waals surface area contributed by atoms with Crippen LogP contribution in [0.25, 0.3) is 11.1 Å². The molecule has 0 saturated heterocycles. The molecule has 1 unspecified atom stereocenters. The van der Waals surface area contributed by atoms with Crippen LogP contribution in [-0.4, -0.2) is 6.04 Å². The Morgan fingerprint density at radius 3 is 2.11 bits per heavy atom. The van der Waals surface area contributed by atoms with E-state index < -0.39 is 0 Å². The molecule has 1 nitrogen and oxygen atoms in total. The van der Waals surface area contributed by atoms with Crippen molar-refractivity contribution in [3.05, 3.63) is 59.7 Å². The molecule has 0 radical (unpaired) electrons. The van der Waals surface area contributed by atoms with Gasteiger partial charge in [0.1, 0.15) is 0 Å². The van der Waals surface area contributed by atoms with Crippen molar-refractivity contribution in [3.63, 3.8) is 0 Å². The predicted octanol–water partition coefficient (Wildman–Crippen LogP) is 3.76. The second-order valence-corrected chi connectivity index (χ2v) is 5.08. The minimum Gasteiger partial charge on any atom is -0.303 e. The summed E-state index contributed by atoms with van der Waals surface area (Å²) in [6, 6.07) is 17.8. The van der Waals surface area contributed by atoms with Crippen LogP contribution in [0.3, 0.4) is 0 Å². The molecule has 1 aliphatic rings. The van der Waals surface area contributed by atoms with E-state index in [1.54, 1.807) is 0 Å². The summed E-state index contributed by atoms with van der Waals surface area (Å²) < 4.78 is 0. The highest BCUT2D eigenvalue weighted by molar-refractivity contribution is 5.78. The minimum absolute atomic E-state index is 0.260. The van der Waals surface area contributed by atoms with E-state index in [9.17, 15) is 0 Å². The molecule has 0 saturated carbocycles. The van der Waals surface area contributed by atoms with Gasteiger partial charge in [0.2, 0.25) is 0 Å². The molecule has 2 aromatic carbocycles. The molecule has 94 valence electrons. The Bertz CT molecular complexity index is 591. The molecule has 0 aromatic heterocycles. The first-order valence-corrected chi connectivity index (χ1v) is 6.69. The quantitative estimate of drug-likeness (QED) is 0.814. The zero-order chi connectivity index (χ0) is 13.2. The third kappa shape index (κ3) is 2.05. The van der Waals surface area contributed by atoms with Crippen molar-refractivity contribution in [1.82, 2.24) is 5.32 Å². The Morgan fingerprint density at radius 1 is 1.05 bits per heavy atom. The molecule has 1 aliphatic carbocycles. The summed E-state index contributed by atoms with van der Waals surface area (Å²) >= 11 is 0. The van der Waals surface area contributed by atoms with Gasteiger partial charge in [0.15, 0.2) is 0 Å². The average Bonchev–Trinajstić information content (AvgIpc) is 2.75. The van der Waals surface area contributed by atoms with E-state index in [1.165, 1.54) is 22.3 Å². The molecule has 2 aromatic rings. The lowest BCUT2D eigenvalue weighted by atomic mass is 10.0. The molecule has 0 aliphatic heterocycles. The molecule has 3 rings (SSSR count). The Balaban J connectivity index is 2.03. The van der Waals surface area contributed by atoms with E-state index in [-0.39, 0.29) is 6.04 Å². The maximum Gasteiger partial charge on any atom is 0.0591 e. The summed E-state index contributed by atoms with van der Waals surface area (Å²) in [7, 11) is 0. The number of rotatable bonds is 3. The molecule has 0 spiro atoms. The number of hydrogen-bond acceptors (Lipinski definition) is 1. The highest BCUT2D eigenvalue weighted by atomic mass is 14.9. The lowest BCUT2D eigenvalue weighted by Crippen LogP contribution is -2.29. The number of fused-ring (bicyclic) bond motifs is 3. The van der Waals surface area contributed by atoms with Crippen molar-refractivity contribution in [2.75, 3.05) is 0 Å². The summed E-state index contributed by atoms with van der Waals surface area (Å²) in [6.07, 6.45) is 6.15. The van der Waals surface area contributed by atoms with Crippen LogP contribution in [-0.2, 0) is 0 Å². The van der Waals surface area contributed by atoms with Gasteiger partial charge in [0, 0.05) is 12.5 Å². The van der Waals surface area contributed by atoms with Crippen LogP contribution in [0.4, 0.5) is 0 Å². The first kappa shape index (κ1) is 12.0. The van der Waals surface area contributed by atoms with Crippen molar-refractivity contribution in [2.45, 2.75) is 25.4 Å². The first-order valence-electron chi connectivity index (χ1n) is 6.69. The van der Waals surface area contributed by atoms with E-state index in [2.05, 4.69) is 66.7 Å². The summed E-state index contributed by atoms with van der Waals surface area (Å²) in [6.45, 7) is 2.14. The first-order chi connectivity index (χ1) is 9.31. The van der Waals surface area contributed by atoms with Gasteiger partial charge in [0.25, 0.3) is 0 Å². The topological polar surface area (TPSA) is 12.0 Å². The SMILES string of the molecule is C#CCC(C)NC1c2ccccc2-c2ccccc21. The standard InChI is InChI=1S/C18H17N/c1-3-8-13(2)19-18-16-11-6-4-9-14(16)15-10-5-7-12-17(15)18/h1,4-7,9-13,18-19H,8H2,2H3. The molecule has 1 N–H and O–H groups in total. The van der Waals surface area contributed by atoms with E-state index in [0.717, 1.165) is 6.42 Å². The van der Waals surface area contributed by atoms with Gasteiger partial charge in [-0.2, -0.15) is 0 Å². The highest BCUT2D eigenvalue weighted by Gasteiger charge is 2.28. The summed E-state index contributed by atoms with van der Waals surface area (Å²) in [5.74, 6) is 2.73. The van der Waals surface area contributed by atoms with Crippen molar-refractivity contribution in [1.29, 1.82) is 0 Å². The maximum absolute atomic E-state index is 5.40. The Labute approximate surface area is 114 Å². The fourth-order valence-electron chi connectivity index (χ4n) is 2.86. The van der Waals surface area contributed by atoms with Crippen LogP contribution >= 0.6 is 0 Å². The number of hydrogen-bond donors (Lipinski definition) is 1. The van der Waals surface area contributed by atoms with E-state index in [4.69, 9.17) is 6.42 Å². The Morgan fingerprint density at radius 2 is 1.58 bits per heavy atom. The van der Waals surface area contributed by atoms with Gasteiger partial charge in [-0.15, -0.1) is 12.3 Å². The van der Waals surface area contributed by atoms with E-state index >= 15 is 0 Å². The largest absolute Gasteiger partial charge is 0.303 e. The van der Waals surface area contributed by atoms with Gasteiger partial charge in [-0.1, -0.05) is 48.5 Å². The zero-order valence-electron chi connectivity index (χ0n) is 11.1. The van der Waals surface area contributed by atoms with Crippen LogP contribution in [0.15, 0.2) is 48.5 Å².